The summed E-state index contributed by atoms with van der Waals surface area (Å²) in [6.07, 6.45) is -3.58. The molecule has 1 amide bonds. The highest BCUT2D eigenvalue weighted by Gasteiger charge is 2.53. The molecule has 0 radical (unpaired) electrons. The van der Waals surface area contributed by atoms with E-state index in [0.717, 1.165) is 43.8 Å². The molecule has 2 heterocycles. The number of ether oxygens (including phenoxy) is 5. The van der Waals surface area contributed by atoms with Crippen molar-refractivity contribution in [2.75, 3.05) is 30.5 Å². The molecular formula is C32H34ClN3O10S. The lowest BCUT2D eigenvalue weighted by Gasteiger charge is -2.44. The van der Waals surface area contributed by atoms with Crippen LogP contribution in [0.1, 0.15) is 33.3 Å². The molecule has 250 valence electrons. The molecule has 2 aromatic carbocycles. The smallest absolute Gasteiger partial charge is 0.303 e. The first kappa shape index (κ1) is 35.5. The zero-order valence-corrected chi connectivity index (χ0v) is 28.1. The molecule has 1 saturated heterocycles. The fraction of sp³-hybridized carbons (Fsp3) is 0.375. The molecule has 0 unspecified atom stereocenters. The lowest BCUT2D eigenvalue weighted by atomic mass is 9.99. The van der Waals surface area contributed by atoms with E-state index in [1.165, 1.54) is 11.8 Å². The van der Waals surface area contributed by atoms with Gasteiger partial charge in [-0.25, -0.2) is 4.99 Å². The number of thioether (sulfide) groups is 1. The van der Waals surface area contributed by atoms with Crippen LogP contribution < -0.4 is 9.80 Å². The molecule has 0 aromatic heterocycles. The van der Waals surface area contributed by atoms with Gasteiger partial charge >= 0.3 is 23.9 Å². The molecule has 0 saturated carbocycles. The number of benzene rings is 2. The summed E-state index contributed by atoms with van der Waals surface area (Å²) in [6.45, 7) is 4.22. The zero-order valence-electron chi connectivity index (χ0n) is 26.5. The number of rotatable bonds is 9. The molecule has 2 aliphatic heterocycles. The number of amides is 1. The molecule has 4 rings (SSSR count). The van der Waals surface area contributed by atoms with Crippen molar-refractivity contribution in [1.29, 1.82) is 0 Å². The van der Waals surface area contributed by atoms with Gasteiger partial charge in [0.1, 0.15) is 18.4 Å². The summed E-state index contributed by atoms with van der Waals surface area (Å²) in [5.74, 6) is -3.36. The molecule has 0 N–H and O–H groups in total. The first-order chi connectivity index (χ1) is 22.2. The second kappa shape index (κ2) is 15.5. The largest absolute Gasteiger partial charge is 0.463 e. The minimum Gasteiger partial charge on any atom is -0.463 e. The maximum atomic E-state index is 13.9. The van der Waals surface area contributed by atoms with Gasteiger partial charge in [0.05, 0.1) is 5.69 Å². The number of hydrogen-bond donors (Lipinski definition) is 0. The van der Waals surface area contributed by atoms with Crippen molar-refractivity contribution in [3.63, 3.8) is 0 Å². The number of carbonyl (C=O) groups is 5. The maximum Gasteiger partial charge on any atom is 0.303 e. The van der Waals surface area contributed by atoms with E-state index in [2.05, 4.69) is 4.99 Å². The van der Waals surface area contributed by atoms with Gasteiger partial charge in [-0.2, -0.15) is 0 Å². The number of anilines is 2. The summed E-state index contributed by atoms with van der Waals surface area (Å²) in [4.78, 5) is 70.2. The van der Waals surface area contributed by atoms with Crippen molar-refractivity contribution >= 4 is 75.8 Å². The first-order valence-electron chi connectivity index (χ1n) is 14.4. The standard InChI is InChI=1S/C32H34ClN3O10S/c1-17(37)42-16-26-27(43-18(2)38)28(44-19(3)39)29(45-20(4)40)31(46-26)47-32-34-25(15-21-7-11-23(12-8-21)35(5)6)30(41)36(32)24-13-9-22(33)10-14-24/h7-15,26-29,31H,16H2,1-6H3/b25-15-/t26-,27-,28+,29-,31+/m1/s1. The molecule has 47 heavy (non-hydrogen) atoms. The van der Waals surface area contributed by atoms with Gasteiger partial charge in [0, 0.05) is 52.5 Å². The third-order valence-corrected chi connectivity index (χ3v) is 8.15. The molecule has 5 atom stereocenters. The number of nitrogens with zero attached hydrogens (tertiary/aromatic N) is 3. The van der Waals surface area contributed by atoms with Crippen LogP contribution in [0.3, 0.4) is 0 Å². The van der Waals surface area contributed by atoms with E-state index >= 15 is 0 Å². The van der Waals surface area contributed by atoms with Gasteiger partial charge in [0.15, 0.2) is 28.9 Å². The number of amidine groups is 1. The summed E-state index contributed by atoms with van der Waals surface area (Å²) in [6, 6.07) is 14.0. The summed E-state index contributed by atoms with van der Waals surface area (Å²) >= 11 is 7.03. The van der Waals surface area contributed by atoms with Crippen molar-refractivity contribution in [2.24, 2.45) is 4.99 Å². The number of aliphatic imine (C=N–C) groups is 1. The van der Waals surface area contributed by atoms with E-state index in [1.807, 2.05) is 43.3 Å². The van der Waals surface area contributed by atoms with E-state index in [0.29, 0.717) is 10.7 Å². The SMILES string of the molecule is CC(=O)OC[C@H]1O[C@@H](SC2=N/C(=C\c3ccc(N(C)C)cc3)C(=O)N2c2ccc(Cl)cc2)[C@H](OC(C)=O)[C@@H](OC(C)=O)[C@@H]1OC(C)=O. The highest BCUT2D eigenvalue weighted by Crippen LogP contribution is 2.39. The van der Waals surface area contributed by atoms with Gasteiger partial charge in [-0.3, -0.25) is 28.9 Å². The molecule has 0 spiro atoms. The minimum absolute atomic E-state index is 0.102. The van der Waals surface area contributed by atoms with Crippen LogP contribution in [0, 0.1) is 0 Å². The fourth-order valence-electron chi connectivity index (χ4n) is 4.81. The van der Waals surface area contributed by atoms with E-state index < -0.39 is 66.2 Å². The second-order valence-electron chi connectivity index (χ2n) is 10.7. The molecule has 2 aliphatic rings. The van der Waals surface area contributed by atoms with Crippen molar-refractivity contribution in [3.05, 3.63) is 64.8 Å². The molecule has 13 nitrogen and oxygen atoms in total. The number of carbonyl (C=O) groups excluding carboxylic acids is 5. The molecule has 0 bridgehead atoms. The molecule has 0 aliphatic carbocycles. The summed E-state index contributed by atoms with van der Waals surface area (Å²) in [5.41, 5.74) is 1.03. The predicted molar refractivity (Wildman–Crippen MR) is 175 cm³/mol. The van der Waals surface area contributed by atoms with Gasteiger partial charge in [-0.15, -0.1) is 0 Å². The van der Waals surface area contributed by atoms with Crippen molar-refractivity contribution in [1.82, 2.24) is 0 Å². The lowest BCUT2D eigenvalue weighted by molar-refractivity contribution is -0.237. The Morgan fingerprint density at radius 1 is 0.872 bits per heavy atom. The number of hydrogen-bond acceptors (Lipinski definition) is 13. The Bertz CT molecular complexity index is 1580. The highest BCUT2D eigenvalue weighted by molar-refractivity contribution is 8.14. The Labute approximate surface area is 280 Å². The number of halogens is 1. The monoisotopic (exact) mass is 687 g/mol. The van der Waals surface area contributed by atoms with Crippen LogP contribution in [0.2, 0.25) is 5.02 Å². The number of esters is 4. The van der Waals surface area contributed by atoms with Crippen LogP contribution in [0.5, 0.6) is 0 Å². The van der Waals surface area contributed by atoms with Crippen LogP contribution in [0.25, 0.3) is 6.08 Å². The maximum absolute atomic E-state index is 13.9. The normalized spacial score (nSPS) is 23.2. The average Bonchev–Trinajstić information content (AvgIpc) is 3.28. The van der Waals surface area contributed by atoms with Gasteiger partial charge in [-0.05, 0) is 48.0 Å². The Morgan fingerprint density at radius 2 is 1.45 bits per heavy atom. The van der Waals surface area contributed by atoms with E-state index in [-0.39, 0.29) is 10.9 Å². The average molecular weight is 688 g/mol. The van der Waals surface area contributed by atoms with Crippen LogP contribution in [0.4, 0.5) is 11.4 Å². The van der Waals surface area contributed by atoms with Crippen LogP contribution in [-0.4, -0.2) is 85.5 Å². The Hall–Kier alpha value is -4.40. The van der Waals surface area contributed by atoms with Crippen LogP contribution in [0.15, 0.2) is 59.2 Å². The Morgan fingerprint density at radius 3 is 2.00 bits per heavy atom. The zero-order chi connectivity index (χ0) is 34.4. The van der Waals surface area contributed by atoms with Gasteiger partial charge in [-0.1, -0.05) is 35.5 Å². The third kappa shape index (κ3) is 9.11. The van der Waals surface area contributed by atoms with Crippen molar-refractivity contribution in [2.45, 2.75) is 57.5 Å². The van der Waals surface area contributed by atoms with Crippen LogP contribution >= 0.6 is 23.4 Å². The van der Waals surface area contributed by atoms with Gasteiger partial charge < -0.3 is 28.6 Å². The van der Waals surface area contributed by atoms with E-state index in [9.17, 15) is 24.0 Å². The highest BCUT2D eigenvalue weighted by atomic mass is 35.5. The fourth-order valence-corrected chi connectivity index (χ4v) is 6.13. The van der Waals surface area contributed by atoms with Gasteiger partial charge in [0.2, 0.25) is 0 Å². The molecular weight excluding hydrogens is 654 g/mol. The minimum atomic E-state index is -1.38. The third-order valence-electron chi connectivity index (χ3n) is 6.80. The van der Waals surface area contributed by atoms with Gasteiger partial charge in [0.25, 0.3) is 5.91 Å². The topological polar surface area (TPSA) is 150 Å². The van der Waals surface area contributed by atoms with Crippen LogP contribution in [-0.2, 0) is 47.7 Å². The summed E-state index contributed by atoms with van der Waals surface area (Å²) in [5, 5.41) is 0.581. The lowest BCUT2D eigenvalue weighted by Crippen LogP contribution is -2.61. The molecule has 2 aromatic rings. The Kier molecular flexibility index (Phi) is 11.7. The molecule has 1 fully saturated rings. The van der Waals surface area contributed by atoms with E-state index in [1.54, 1.807) is 30.3 Å². The predicted octanol–water partition coefficient (Wildman–Crippen LogP) is 3.97. The second-order valence-corrected chi connectivity index (χ2v) is 12.2. The van der Waals surface area contributed by atoms with Crippen molar-refractivity contribution < 1.29 is 47.7 Å². The quantitative estimate of drug-likeness (QED) is 0.213. The summed E-state index contributed by atoms with van der Waals surface area (Å²) in [7, 11) is 3.83. The summed E-state index contributed by atoms with van der Waals surface area (Å²) < 4.78 is 28.0. The molecule has 15 heteroatoms. The van der Waals surface area contributed by atoms with E-state index in [4.69, 9.17) is 35.3 Å². The Balaban J connectivity index is 1.79. The first-order valence-corrected chi connectivity index (χ1v) is 15.6. The van der Waals surface area contributed by atoms with Crippen molar-refractivity contribution in [3.8, 4) is 0 Å².